The maximum absolute atomic E-state index is 11.5. The molecule has 0 aliphatic rings. The number of carbonyl (C=O) groups is 1. The molecule has 1 atom stereocenters. The molecule has 6 heteroatoms. The maximum Gasteiger partial charge on any atom is 0.221 e. The second-order valence-corrected chi connectivity index (χ2v) is 4.59. The van der Waals surface area contributed by atoms with E-state index in [0.717, 1.165) is 11.3 Å². The summed E-state index contributed by atoms with van der Waals surface area (Å²) in [6, 6.07) is 9.72. The molecule has 1 unspecified atom stereocenters. The predicted octanol–water partition coefficient (Wildman–Crippen LogP) is 1.65. The number of hydrogen-bond acceptors (Lipinski definition) is 3. The lowest BCUT2D eigenvalue weighted by Crippen LogP contribution is -2.29. The highest BCUT2D eigenvalue weighted by molar-refractivity contribution is 5.85. The average molecular weight is 295 g/mol. The SMILES string of the molecule is CC(N)CC(=O)NCc1cnn(-c2ccccc2)c1.Cl. The minimum atomic E-state index is -0.118. The monoisotopic (exact) mass is 294 g/mol. The summed E-state index contributed by atoms with van der Waals surface area (Å²) in [4.78, 5) is 11.5. The molecular weight excluding hydrogens is 276 g/mol. The highest BCUT2D eigenvalue weighted by Crippen LogP contribution is 2.07. The number of carbonyl (C=O) groups excluding carboxylic acids is 1. The highest BCUT2D eigenvalue weighted by Gasteiger charge is 2.06. The van der Waals surface area contributed by atoms with Gasteiger partial charge in [-0.15, -0.1) is 12.4 Å². The van der Waals surface area contributed by atoms with Crippen molar-refractivity contribution >= 4 is 18.3 Å². The Morgan fingerprint density at radius 3 is 2.75 bits per heavy atom. The zero-order chi connectivity index (χ0) is 13.7. The lowest BCUT2D eigenvalue weighted by Gasteiger charge is -2.05. The van der Waals surface area contributed by atoms with Gasteiger partial charge in [-0.2, -0.15) is 5.10 Å². The van der Waals surface area contributed by atoms with E-state index in [1.54, 1.807) is 10.9 Å². The van der Waals surface area contributed by atoms with Gasteiger partial charge in [0, 0.05) is 30.8 Å². The Bertz CT molecular complexity index is 539. The number of nitrogens with zero attached hydrogens (tertiary/aromatic N) is 2. The number of hydrogen-bond donors (Lipinski definition) is 2. The molecule has 2 rings (SSSR count). The Morgan fingerprint density at radius 1 is 1.40 bits per heavy atom. The summed E-state index contributed by atoms with van der Waals surface area (Å²) >= 11 is 0. The minimum absolute atomic E-state index is 0. The number of nitrogens with two attached hydrogens (primary N) is 1. The van der Waals surface area contributed by atoms with Crippen molar-refractivity contribution in [2.75, 3.05) is 0 Å². The molecule has 1 aromatic carbocycles. The lowest BCUT2D eigenvalue weighted by atomic mass is 10.2. The van der Waals surface area contributed by atoms with Crippen LogP contribution in [0.15, 0.2) is 42.7 Å². The molecule has 5 nitrogen and oxygen atoms in total. The van der Waals surface area contributed by atoms with Crippen molar-refractivity contribution in [1.29, 1.82) is 0 Å². The first-order valence-electron chi connectivity index (χ1n) is 6.26. The molecule has 0 saturated carbocycles. The smallest absolute Gasteiger partial charge is 0.221 e. The van der Waals surface area contributed by atoms with E-state index >= 15 is 0 Å². The molecule has 0 saturated heterocycles. The van der Waals surface area contributed by atoms with Crippen LogP contribution in [-0.4, -0.2) is 21.7 Å². The van der Waals surface area contributed by atoms with Crippen LogP contribution in [0, 0.1) is 0 Å². The normalized spacial score (nSPS) is 11.5. The molecule has 0 fully saturated rings. The van der Waals surface area contributed by atoms with Crippen molar-refractivity contribution in [1.82, 2.24) is 15.1 Å². The molecule has 1 aromatic heterocycles. The van der Waals surface area contributed by atoms with Crippen LogP contribution < -0.4 is 11.1 Å². The van der Waals surface area contributed by atoms with Crippen molar-refractivity contribution in [3.63, 3.8) is 0 Å². The van der Waals surface area contributed by atoms with Gasteiger partial charge < -0.3 is 11.1 Å². The summed E-state index contributed by atoms with van der Waals surface area (Å²) in [5.41, 5.74) is 7.52. The summed E-state index contributed by atoms with van der Waals surface area (Å²) in [5.74, 6) is -0.0394. The van der Waals surface area contributed by atoms with Gasteiger partial charge in [0.05, 0.1) is 11.9 Å². The summed E-state index contributed by atoms with van der Waals surface area (Å²) < 4.78 is 1.78. The van der Waals surface area contributed by atoms with Crippen molar-refractivity contribution in [3.05, 3.63) is 48.3 Å². The highest BCUT2D eigenvalue weighted by atomic mass is 35.5. The van der Waals surface area contributed by atoms with Crippen LogP contribution in [0.4, 0.5) is 0 Å². The quantitative estimate of drug-likeness (QED) is 0.880. The van der Waals surface area contributed by atoms with E-state index in [1.807, 2.05) is 43.5 Å². The molecule has 3 N–H and O–H groups in total. The summed E-state index contributed by atoms with van der Waals surface area (Å²) in [7, 11) is 0. The fraction of sp³-hybridized carbons (Fsp3) is 0.286. The summed E-state index contributed by atoms with van der Waals surface area (Å²) in [5, 5.41) is 7.09. The first-order chi connectivity index (χ1) is 9.15. The molecule has 20 heavy (non-hydrogen) atoms. The number of halogens is 1. The number of benzene rings is 1. The number of rotatable bonds is 5. The fourth-order valence-electron chi connectivity index (χ4n) is 1.74. The standard InChI is InChI=1S/C14H18N4O.ClH/c1-11(15)7-14(19)16-8-12-9-17-18(10-12)13-5-3-2-4-6-13;/h2-6,9-11H,7-8,15H2,1H3,(H,16,19);1H. The van der Waals surface area contributed by atoms with E-state index in [9.17, 15) is 4.79 Å². The summed E-state index contributed by atoms with van der Waals surface area (Å²) in [6.07, 6.45) is 3.99. The van der Waals surface area contributed by atoms with Crippen molar-refractivity contribution in [2.24, 2.45) is 5.73 Å². The van der Waals surface area contributed by atoms with Gasteiger partial charge in [0.15, 0.2) is 0 Å². The first kappa shape index (κ1) is 16.2. The van der Waals surface area contributed by atoms with E-state index in [1.165, 1.54) is 0 Å². The molecule has 1 heterocycles. The molecule has 0 aliphatic carbocycles. The zero-order valence-electron chi connectivity index (χ0n) is 11.3. The Morgan fingerprint density at radius 2 is 2.10 bits per heavy atom. The third-order valence-corrected chi connectivity index (χ3v) is 2.65. The number of nitrogens with one attached hydrogen (secondary N) is 1. The van der Waals surface area contributed by atoms with Crippen LogP contribution in [0.1, 0.15) is 18.9 Å². The Labute approximate surface area is 124 Å². The van der Waals surface area contributed by atoms with Crippen molar-refractivity contribution < 1.29 is 4.79 Å². The van der Waals surface area contributed by atoms with Gasteiger partial charge in [0.25, 0.3) is 0 Å². The number of amides is 1. The molecule has 108 valence electrons. The Hall–Kier alpha value is -1.85. The van der Waals surface area contributed by atoms with Gasteiger partial charge in [-0.1, -0.05) is 18.2 Å². The van der Waals surface area contributed by atoms with Crippen LogP contribution in [-0.2, 0) is 11.3 Å². The van der Waals surface area contributed by atoms with Gasteiger partial charge in [-0.05, 0) is 19.1 Å². The molecule has 2 aromatic rings. The molecule has 1 amide bonds. The maximum atomic E-state index is 11.5. The molecule has 0 spiro atoms. The number of para-hydroxylation sites is 1. The van der Waals surface area contributed by atoms with E-state index in [2.05, 4.69) is 10.4 Å². The predicted molar refractivity (Wildman–Crippen MR) is 80.9 cm³/mol. The Kier molecular flexibility index (Phi) is 6.21. The molecule has 0 aliphatic heterocycles. The van der Waals surface area contributed by atoms with Crippen LogP contribution in [0.25, 0.3) is 5.69 Å². The zero-order valence-corrected chi connectivity index (χ0v) is 12.1. The second kappa shape index (κ2) is 7.67. The molecule has 0 radical (unpaired) electrons. The van der Waals surface area contributed by atoms with Gasteiger partial charge in [-0.25, -0.2) is 4.68 Å². The van der Waals surface area contributed by atoms with Crippen molar-refractivity contribution in [3.8, 4) is 5.69 Å². The van der Waals surface area contributed by atoms with Crippen molar-refractivity contribution in [2.45, 2.75) is 25.9 Å². The van der Waals surface area contributed by atoms with Gasteiger partial charge in [-0.3, -0.25) is 4.79 Å². The topological polar surface area (TPSA) is 72.9 Å². The average Bonchev–Trinajstić information content (AvgIpc) is 2.85. The minimum Gasteiger partial charge on any atom is -0.352 e. The van der Waals surface area contributed by atoms with E-state index in [-0.39, 0.29) is 24.4 Å². The van der Waals surface area contributed by atoms with Gasteiger partial charge in [0.1, 0.15) is 0 Å². The van der Waals surface area contributed by atoms with Crippen LogP contribution in [0.5, 0.6) is 0 Å². The van der Waals surface area contributed by atoms with Gasteiger partial charge in [0.2, 0.25) is 5.91 Å². The van der Waals surface area contributed by atoms with Crippen LogP contribution in [0.2, 0.25) is 0 Å². The third-order valence-electron chi connectivity index (χ3n) is 2.65. The van der Waals surface area contributed by atoms with E-state index in [0.29, 0.717) is 13.0 Å². The second-order valence-electron chi connectivity index (χ2n) is 4.59. The van der Waals surface area contributed by atoms with Crippen LogP contribution in [0.3, 0.4) is 0 Å². The van der Waals surface area contributed by atoms with Gasteiger partial charge >= 0.3 is 0 Å². The molecular formula is C14H19ClN4O. The lowest BCUT2D eigenvalue weighted by molar-refractivity contribution is -0.121. The fourth-order valence-corrected chi connectivity index (χ4v) is 1.74. The van der Waals surface area contributed by atoms with Crippen LogP contribution >= 0.6 is 12.4 Å². The molecule has 0 bridgehead atoms. The van der Waals surface area contributed by atoms with E-state index < -0.39 is 0 Å². The largest absolute Gasteiger partial charge is 0.352 e. The van der Waals surface area contributed by atoms with E-state index in [4.69, 9.17) is 5.73 Å². The number of aromatic nitrogens is 2. The summed E-state index contributed by atoms with van der Waals surface area (Å²) in [6.45, 7) is 2.28. The first-order valence-corrected chi connectivity index (χ1v) is 6.26. The Balaban J connectivity index is 0.00000200. The third kappa shape index (κ3) is 4.68.